The zero-order valence-corrected chi connectivity index (χ0v) is 9.72. The highest BCUT2D eigenvalue weighted by Gasteiger charge is 2.18. The van der Waals surface area contributed by atoms with Crippen molar-refractivity contribution in [3.63, 3.8) is 0 Å². The Morgan fingerprint density at radius 1 is 1.59 bits per heavy atom. The number of piperazine rings is 1. The average molecular weight is 236 g/mol. The summed E-state index contributed by atoms with van der Waals surface area (Å²) in [7, 11) is 0. The molecule has 0 aromatic heterocycles. The molecule has 1 aromatic rings. The van der Waals surface area contributed by atoms with E-state index in [1.807, 2.05) is 0 Å². The Morgan fingerprint density at radius 2 is 2.35 bits per heavy atom. The maximum Gasteiger partial charge on any atom is 0.292 e. The van der Waals surface area contributed by atoms with Gasteiger partial charge in [-0.05, 0) is 19.1 Å². The van der Waals surface area contributed by atoms with Crippen LogP contribution in [0, 0.1) is 10.1 Å². The number of hydrogen-bond donors (Lipinski definition) is 2. The number of anilines is 2. The van der Waals surface area contributed by atoms with Crippen molar-refractivity contribution >= 4 is 17.1 Å². The lowest BCUT2D eigenvalue weighted by Gasteiger charge is -2.33. The van der Waals surface area contributed by atoms with Crippen molar-refractivity contribution in [2.75, 3.05) is 30.3 Å². The minimum atomic E-state index is -0.459. The molecule has 1 atom stereocenters. The Kier molecular flexibility index (Phi) is 3.14. The molecule has 3 N–H and O–H groups in total. The molecule has 1 aromatic carbocycles. The maximum atomic E-state index is 10.7. The Bertz CT molecular complexity index is 435. The van der Waals surface area contributed by atoms with Gasteiger partial charge in [0.1, 0.15) is 5.69 Å². The summed E-state index contributed by atoms with van der Waals surface area (Å²) in [5, 5.41) is 14.0. The van der Waals surface area contributed by atoms with Gasteiger partial charge in [0.15, 0.2) is 0 Å². The number of nitro groups is 1. The van der Waals surface area contributed by atoms with Crippen LogP contribution in [0.5, 0.6) is 0 Å². The van der Waals surface area contributed by atoms with Crippen LogP contribution < -0.4 is 16.0 Å². The van der Waals surface area contributed by atoms with Gasteiger partial charge in [-0.2, -0.15) is 0 Å². The zero-order valence-electron chi connectivity index (χ0n) is 9.72. The van der Waals surface area contributed by atoms with Crippen molar-refractivity contribution in [3.8, 4) is 0 Å². The summed E-state index contributed by atoms with van der Waals surface area (Å²) in [6.07, 6.45) is 0. The number of nitrogen functional groups attached to an aromatic ring is 1. The van der Waals surface area contributed by atoms with E-state index in [-0.39, 0.29) is 11.4 Å². The molecule has 0 radical (unpaired) electrons. The van der Waals surface area contributed by atoms with E-state index >= 15 is 0 Å². The second-order valence-electron chi connectivity index (χ2n) is 4.30. The van der Waals surface area contributed by atoms with Crippen molar-refractivity contribution < 1.29 is 4.92 Å². The molecule has 6 heteroatoms. The van der Waals surface area contributed by atoms with Crippen LogP contribution in [0.2, 0.25) is 0 Å². The largest absolute Gasteiger partial charge is 0.393 e. The van der Waals surface area contributed by atoms with E-state index in [9.17, 15) is 10.1 Å². The lowest BCUT2D eigenvalue weighted by Crippen LogP contribution is -2.49. The first-order chi connectivity index (χ1) is 8.08. The Labute approximate surface area is 99.6 Å². The maximum absolute atomic E-state index is 10.7. The van der Waals surface area contributed by atoms with Crippen LogP contribution in [0.15, 0.2) is 18.2 Å². The minimum absolute atomic E-state index is 0.0306. The van der Waals surface area contributed by atoms with Crippen LogP contribution in [-0.4, -0.2) is 30.6 Å². The lowest BCUT2D eigenvalue weighted by atomic mass is 10.2. The smallest absolute Gasteiger partial charge is 0.292 e. The first-order valence-corrected chi connectivity index (χ1v) is 5.60. The molecular formula is C11H16N4O2. The molecule has 0 unspecified atom stereocenters. The van der Waals surface area contributed by atoms with Crippen LogP contribution >= 0.6 is 0 Å². The number of benzene rings is 1. The van der Waals surface area contributed by atoms with Crippen LogP contribution in [-0.2, 0) is 0 Å². The molecule has 1 aliphatic heterocycles. The van der Waals surface area contributed by atoms with Gasteiger partial charge in [-0.1, -0.05) is 0 Å². The van der Waals surface area contributed by atoms with Crippen molar-refractivity contribution in [2.45, 2.75) is 13.0 Å². The van der Waals surface area contributed by atoms with Gasteiger partial charge in [-0.3, -0.25) is 10.1 Å². The highest BCUT2D eigenvalue weighted by atomic mass is 16.6. The molecular weight excluding hydrogens is 220 g/mol. The van der Waals surface area contributed by atoms with Crippen molar-refractivity contribution in [2.24, 2.45) is 0 Å². The van der Waals surface area contributed by atoms with E-state index in [0.717, 1.165) is 25.3 Å². The molecule has 2 rings (SSSR count). The molecule has 1 fully saturated rings. The molecule has 17 heavy (non-hydrogen) atoms. The van der Waals surface area contributed by atoms with Gasteiger partial charge in [0.05, 0.1) is 4.92 Å². The van der Waals surface area contributed by atoms with Gasteiger partial charge in [0, 0.05) is 37.4 Å². The van der Waals surface area contributed by atoms with Crippen LogP contribution in [0.25, 0.3) is 0 Å². The topological polar surface area (TPSA) is 84.4 Å². The molecule has 1 heterocycles. The monoisotopic (exact) mass is 236 g/mol. The SMILES string of the molecule is C[C@H]1CN(c2ccc([N+](=O)[O-])c(N)c2)CCN1. The number of rotatable bonds is 2. The molecule has 1 aliphatic rings. The number of nitrogens with two attached hydrogens (primary N) is 1. The zero-order chi connectivity index (χ0) is 12.4. The second kappa shape index (κ2) is 4.58. The first kappa shape index (κ1) is 11.7. The molecule has 6 nitrogen and oxygen atoms in total. The summed E-state index contributed by atoms with van der Waals surface area (Å²) in [4.78, 5) is 12.4. The summed E-state index contributed by atoms with van der Waals surface area (Å²) in [6, 6.07) is 5.32. The quantitative estimate of drug-likeness (QED) is 0.454. The predicted molar refractivity (Wildman–Crippen MR) is 67.2 cm³/mol. The second-order valence-corrected chi connectivity index (χ2v) is 4.30. The molecule has 1 saturated heterocycles. The third-order valence-electron chi connectivity index (χ3n) is 2.94. The van der Waals surface area contributed by atoms with Gasteiger partial charge in [-0.15, -0.1) is 0 Å². The molecule has 0 aliphatic carbocycles. The Hall–Kier alpha value is -1.82. The minimum Gasteiger partial charge on any atom is -0.393 e. The van der Waals surface area contributed by atoms with Gasteiger partial charge >= 0.3 is 0 Å². The van der Waals surface area contributed by atoms with E-state index in [1.54, 1.807) is 12.1 Å². The molecule has 0 bridgehead atoms. The summed E-state index contributed by atoms with van der Waals surface area (Å²) < 4.78 is 0. The third-order valence-corrected chi connectivity index (χ3v) is 2.94. The first-order valence-electron chi connectivity index (χ1n) is 5.60. The van der Waals surface area contributed by atoms with E-state index < -0.39 is 4.92 Å². The van der Waals surface area contributed by atoms with Gasteiger partial charge < -0.3 is 16.0 Å². The fourth-order valence-electron chi connectivity index (χ4n) is 2.07. The molecule has 0 saturated carbocycles. The van der Waals surface area contributed by atoms with Crippen LogP contribution in [0.3, 0.4) is 0 Å². The standard InChI is InChI=1S/C11H16N4O2/c1-8-7-14(5-4-13-8)9-2-3-11(15(16)17)10(12)6-9/h2-3,6,8,13H,4-5,7,12H2,1H3/t8-/m0/s1. The van der Waals surface area contributed by atoms with Gasteiger partial charge in [-0.25, -0.2) is 0 Å². The van der Waals surface area contributed by atoms with Gasteiger partial charge in [0.2, 0.25) is 0 Å². The summed E-state index contributed by atoms with van der Waals surface area (Å²) in [5.41, 5.74) is 6.82. The number of nitrogens with zero attached hydrogens (tertiary/aromatic N) is 2. The van der Waals surface area contributed by atoms with Gasteiger partial charge in [0.25, 0.3) is 5.69 Å². The number of nitro benzene ring substituents is 1. The Balaban J connectivity index is 2.22. The summed E-state index contributed by atoms with van der Waals surface area (Å²) >= 11 is 0. The van der Waals surface area contributed by atoms with E-state index in [1.165, 1.54) is 6.07 Å². The van der Waals surface area contributed by atoms with Crippen LogP contribution in [0.1, 0.15) is 6.92 Å². The third kappa shape index (κ3) is 2.47. The fraction of sp³-hybridized carbons (Fsp3) is 0.455. The molecule has 0 spiro atoms. The van der Waals surface area contributed by atoms with E-state index in [0.29, 0.717) is 6.04 Å². The van der Waals surface area contributed by atoms with Crippen molar-refractivity contribution in [1.82, 2.24) is 5.32 Å². The van der Waals surface area contributed by atoms with Crippen LogP contribution in [0.4, 0.5) is 17.1 Å². The van der Waals surface area contributed by atoms with Crippen molar-refractivity contribution in [3.05, 3.63) is 28.3 Å². The number of nitrogens with one attached hydrogen (secondary N) is 1. The summed E-state index contributed by atoms with van der Waals surface area (Å²) in [6.45, 7) is 4.80. The average Bonchev–Trinajstić information content (AvgIpc) is 2.28. The highest BCUT2D eigenvalue weighted by Crippen LogP contribution is 2.27. The van der Waals surface area contributed by atoms with E-state index in [4.69, 9.17) is 5.73 Å². The number of hydrogen-bond acceptors (Lipinski definition) is 5. The van der Waals surface area contributed by atoms with Crippen molar-refractivity contribution in [1.29, 1.82) is 0 Å². The molecule has 0 amide bonds. The van der Waals surface area contributed by atoms with E-state index in [2.05, 4.69) is 17.1 Å². The fourth-order valence-corrected chi connectivity index (χ4v) is 2.07. The normalized spacial score (nSPS) is 20.3. The molecule has 92 valence electrons. The summed E-state index contributed by atoms with van der Waals surface area (Å²) in [5.74, 6) is 0. The lowest BCUT2D eigenvalue weighted by molar-refractivity contribution is -0.383. The highest BCUT2D eigenvalue weighted by molar-refractivity contribution is 5.66. The predicted octanol–water partition coefficient (Wildman–Crippen LogP) is 0.975. The Morgan fingerprint density at radius 3 is 2.94 bits per heavy atom.